The molecule has 7 heteroatoms. The van der Waals surface area contributed by atoms with E-state index in [1.807, 2.05) is 45.2 Å². The lowest BCUT2D eigenvalue weighted by Gasteiger charge is -2.08. The van der Waals surface area contributed by atoms with Crippen LogP contribution in [-0.2, 0) is 22.5 Å². The van der Waals surface area contributed by atoms with Crippen LogP contribution in [0.25, 0.3) is 0 Å². The fourth-order valence-corrected chi connectivity index (χ4v) is 3.96. The number of esters is 1. The molecule has 6 nitrogen and oxygen atoms in total. The summed E-state index contributed by atoms with van der Waals surface area (Å²) in [6, 6.07) is 5.96. The van der Waals surface area contributed by atoms with Crippen molar-refractivity contribution in [1.82, 2.24) is 9.72 Å². The van der Waals surface area contributed by atoms with Gasteiger partial charge in [-0.1, -0.05) is 11.2 Å². The van der Waals surface area contributed by atoms with Gasteiger partial charge in [0.15, 0.2) is 6.61 Å². The van der Waals surface area contributed by atoms with E-state index in [0.717, 1.165) is 29.2 Å². The predicted octanol–water partition coefficient (Wildman–Crippen LogP) is 4.18. The van der Waals surface area contributed by atoms with Crippen molar-refractivity contribution in [3.05, 3.63) is 62.4 Å². The Morgan fingerprint density at radius 1 is 1.25 bits per heavy atom. The summed E-state index contributed by atoms with van der Waals surface area (Å²) in [6.45, 7) is 8.05. The van der Waals surface area contributed by atoms with Gasteiger partial charge in [-0.15, -0.1) is 11.3 Å². The molecule has 0 aliphatic heterocycles. The Morgan fingerprint density at radius 2 is 2.04 bits per heavy atom. The van der Waals surface area contributed by atoms with Crippen LogP contribution < -0.4 is 0 Å². The second-order valence-corrected chi connectivity index (χ2v) is 7.87. The largest absolute Gasteiger partial charge is 0.457 e. The van der Waals surface area contributed by atoms with Gasteiger partial charge in [0.25, 0.3) is 0 Å². The zero-order chi connectivity index (χ0) is 20.3. The van der Waals surface area contributed by atoms with Crippen molar-refractivity contribution in [1.29, 1.82) is 0 Å². The summed E-state index contributed by atoms with van der Waals surface area (Å²) in [7, 11) is 0. The molecule has 3 rings (SSSR count). The van der Waals surface area contributed by atoms with Crippen LogP contribution in [0.4, 0.5) is 0 Å². The molecule has 0 atom stereocenters. The molecule has 0 bridgehead atoms. The van der Waals surface area contributed by atoms with E-state index in [9.17, 15) is 9.59 Å². The molecule has 3 aromatic heterocycles. The van der Waals surface area contributed by atoms with Gasteiger partial charge in [0, 0.05) is 33.8 Å². The first-order valence-electron chi connectivity index (χ1n) is 9.16. The molecule has 0 radical (unpaired) electrons. The smallest absolute Gasteiger partial charge is 0.306 e. The minimum atomic E-state index is -0.402. The molecule has 0 saturated carbocycles. The zero-order valence-corrected chi connectivity index (χ0v) is 17.4. The van der Waals surface area contributed by atoms with Crippen molar-refractivity contribution in [2.24, 2.45) is 0 Å². The molecule has 0 aliphatic rings. The average molecular weight is 401 g/mol. The van der Waals surface area contributed by atoms with E-state index in [1.165, 1.54) is 4.88 Å². The Labute approximate surface area is 168 Å². The van der Waals surface area contributed by atoms with Crippen LogP contribution in [0, 0.1) is 27.7 Å². The summed E-state index contributed by atoms with van der Waals surface area (Å²) in [5, 5.41) is 5.91. The number of hydrogen-bond acceptors (Lipinski definition) is 6. The van der Waals surface area contributed by atoms with Gasteiger partial charge >= 0.3 is 5.97 Å². The van der Waals surface area contributed by atoms with Gasteiger partial charge < -0.3 is 13.8 Å². The van der Waals surface area contributed by atoms with Crippen LogP contribution in [0.3, 0.4) is 0 Å². The number of thiophene rings is 1. The number of Topliss-reactive ketones (excluding diaryl/α,β-unsaturated/α-hetero) is 1. The molecule has 0 aromatic carbocycles. The van der Waals surface area contributed by atoms with Gasteiger partial charge in [0.1, 0.15) is 5.76 Å². The van der Waals surface area contributed by atoms with Crippen molar-refractivity contribution in [2.75, 3.05) is 6.61 Å². The molecule has 0 amide bonds. The number of hydrogen-bond donors (Lipinski definition) is 0. The van der Waals surface area contributed by atoms with Crippen LogP contribution in [0.1, 0.15) is 50.1 Å². The van der Waals surface area contributed by atoms with E-state index in [2.05, 4.69) is 15.8 Å². The van der Waals surface area contributed by atoms with E-state index >= 15 is 0 Å². The first-order chi connectivity index (χ1) is 13.4. The van der Waals surface area contributed by atoms with Crippen LogP contribution in [-0.4, -0.2) is 28.1 Å². The molecule has 0 N–H and O–H groups in total. The predicted molar refractivity (Wildman–Crippen MR) is 107 cm³/mol. The lowest BCUT2D eigenvalue weighted by molar-refractivity contribution is -0.142. The van der Waals surface area contributed by atoms with E-state index in [0.29, 0.717) is 17.7 Å². The summed E-state index contributed by atoms with van der Waals surface area (Å²) in [4.78, 5) is 25.8. The van der Waals surface area contributed by atoms with Gasteiger partial charge in [0.2, 0.25) is 5.78 Å². The highest BCUT2D eigenvalue weighted by atomic mass is 32.1. The molecule has 148 valence electrons. The van der Waals surface area contributed by atoms with Crippen LogP contribution in [0.2, 0.25) is 0 Å². The summed E-state index contributed by atoms with van der Waals surface area (Å²) in [6.07, 6.45) is 0.678. The molecule has 0 unspecified atom stereocenters. The second-order valence-electron chi connectivity index (χ2n) is 6.84. The van der Waals surface area contributed by atoms with Crippen molar-refractivity contribution in [2.45, 2.75) is 47.1 Å². The second kappa shape index (κ2) is 8.56. The minimum Gasteiger partial charge on any atom is -0.457 e. The Bertz CT molecular complexity index is 963. The molecule has 0 spiro atoms. The monoisotopic (exact) mass is 400 g/mol. The van der Waals surface area contributed by atoms with Crippen molar-refractivity contribution in [3.8, 4) is 0 Å². The van der Waals surface area contributed by atoms with Gasteiger partial charge in [-0.05, 0) is 51.6 Å². The van der Waals surface area contributed by atoms with Crippen molar-refractivity contribution >= 4 is 23.1 Å². The summed E-state index contributed by atoms with van der Waals surface area (Å²) < 4.78 is 12.4. The number of aryl methyl sites for hydroxylation is 3. The van der Waals surface area contributed by atoms with E-state index in [-0.39, 0.29) is 18.8 Å². The lowest BCUT2D eigenvalue weighted by Crippen LogP contribution is -2.15. The first-order valence-corrected chi connectivity index (χ1v) is 10.0. The van der Waals surface area contributed by atoms with Crippen LogP contribution in [0.5, 0.6) is 0 Å². The lowest BCUT2D eigenvalue weighted by atomic mass is 10.1. The highest BCUT2D eigenvalue weighted by Gasteiger charge is 2.18. The number of ketones is 1. The van der Waals surface area contributed by atoms with Crippen molar-refractivity contribution in [3.63, 3.8) is 0 Å². The van der Waals surface area contributed by atoms with Crippen molar-refractivity contribution < 1.29 is 18.8 Å². The van der Waals surface area contributed by atoms with Gasteiger partial charge in [-0.3, -0.25) is 9.59 Å². The number of ether oxygens (including phenoxy) is 1. The zero-order valence-electron chi connectivity index (χ0n) is 16.6. The highest BCUT2D eigenvalue weighted by molar-refractivity contribution is 7.09. The van der Waals surface area contributed by atoms with Crippen LogP contribution >= 0.6 is 11.3 Å². The third kappa shape index (κ3) is 4.42. The first kappa shape index (κ1) is 20.1. The molecule has 0 saturated heterocycles. The Kier molecular flexibility index (Phi) is 6.14. The number of carbonyl (C=O) groups is 2. The summed E-state index contributed by atoms with van der Waals surface area (Å²) in [5.41, 5.74) is 4.20. The van der Waals surface area contributed by atoms with Gasteiger partial charge in [0.05, 0.1) is 12.2 Å². The van der Waals surface area contributed by atoms with E-state index in [1.54, 1.807) is 11.3 Å². The Morgan fingerprint density at radius 3 is 2.68 bits per heavy atom. The molecule has 0 fully saturated rings. The maximum Gasteiger partial charge on any atom is 0.306 e. The number of aromatic nitrogens is 2. The highest BCUT2D eigenvalue weighted by Crippen LogP contribution is 2.20. The molecule has 0 aliphatic carbocycles. The molecular weight excluding hydrogens is 376 g/mol. The van der Waals surface area contributed by atoms with E-state index < -0.39 is 5.97 Å². The van der Waals surface area contributed by atoms with Gasteiger partial charge in [-0.2, -0.15) is 0 Å². The van der Waals surface area contributed by atoms with Gasteiger partial charge in [-0.25, -0.2) is 0 Å². The SMILES string of the molecule is Cc1noc(C)c1CCC(=O)OCC(=O)c1cc(C)n(Cc2cccs2)c1C. The topological polar surface area (TPSA) is 74.3 Å². The third-order valence-corrected chi connectivity index (χ3v) is 5.75. The molecule has 3 aromatic rings. The quantitative estimate of drug-likeness (QED) is 0.419. The standard InChI is InChI=1S/C21H24N2O4S/c1-13-10-19(15(3)23(13)11-17-6-5-9-28-17)20(24)12-26-21(25)8-7-18-14(2)22-27-16(18)4/h5-6,9-10H,7-8,11-12H2,1-4H3. The average Bonchev–Trinajstić information content (AvgIpc) is 3.36. The molecule has 28 heavy (non-hydrogen) atoms. The fourth-order valence-electron chi connectivity index (χ4n) is 3.27. The minimum absolute atomic E-state index is 0.184. The fraction of sp³-hybridized carbons (Fsp3) is 0.381. The maximum atomic E-state index is 12.6. The Hall–Kier alpha value is -2.67. The normalized spacial score (nSPS) is 11.0. The summed E-state index contributed by atoms with van der Waals surface area (Å²) >= 11 is 1.69. The molecule has 3 heterocycles. The number of rotatable bonds is 8. The van der Waals surface area contributed by atoms with Crippen LogP contribution in [0.15, 0.2) is 28.1 Å². The number of carbonyl (C=O) groups excluding carboxylic acids is 2. The van der Waals surface area contributed by atoms with E-state index in [4.69, 9.17) is 9.26 Å². The third-order valence-electron chi connectivity index (χ3n) is 4.89. The Balaban J connectivity index is 1.57. The number of nitrogens with zero attached hydrogens (tertiary/aromatic N) is 2. The maximum absolute atomic E-state index is 12.6. The summed E-state index contributed by atoms with van der Waals surface area (Å²) in [5.74, 6) is 0.122. The molecular formula is C21H24N2O4S.